The van der Waals surface area contributed by atoms with E-state index in [-0.39, 0.29) is 11.9 Å². The van der Waals surface area contributed by atoms with Gasteiger partial charge >= 0.3 is 0 Å². The molecule has 1 atom stereocenters. The summed E-state index contributed by atoms with van der Waals surface area (Å²) in [6.07, 6.45) is 0.607. The zero-order valence-corrected chi connectivity index (χ0v) is 10.3. The van der Waals surface area contributed by atoms with Crippen molar-refractivity contribution in [3.63, 3.8) is 0 Å². The first-order chi connectivity index (χ1) is 8.24. The molecule has 0 bridgehead atoms. The summed E-state index contributed by atoms with van der Waals surface area (Å²) in [7, 11) is 0. The summed E-state index contributed by atoms with van der Waals surface area (Å²) in [6, 6.07) is 10.4. The van der Waals surface area contributed by atoms with Gasteiger partial charge in [-0.3, -0.25) is 9.69 Å². The molecule has 1 unspecified atom stereocenters. The van der Waals surface area contributed by atoms with Gasteiger partial charge in [0.2, 0.25) is 0 Å². The molecule has 0 aromatic heterocycles. The first-order valence-corrected chi connectivity index (χ1v) is 6.11. The number of Topliss-reactive ketones (excluding diaryl/α,β-unsaturated/α-hetero) is 1. The van der Waals surface area contributed by atoms with Gasteiger partial charge in [-0.15, -0.1) is 0 Å². The van der Waals surface area contributed by atoms with Gasteiger partial charge in [-0.2, -0.15) is 0 Å². The van der Waals surface area contributed by atoms with Crippen LogP contribution in [0.25, 0.3) is 0 Å². The van der Waals surface area contributed by atoms with E-state index >= 15 is 0 Å². The summed E-state index contributed by atoms with van der Waals surface area (Å²) in [5.74, 6) is 0.205. The van der Waals surface area contributed by atoms with Crippen molar-refractivity contribution in [3.05, 3.63) is 35.9 Å². The number of morpholine rings is 1. The summed E-state index contributed by atoms with van der Waals surface area (Å²) >= 11 is 0. The number of hydrogen-bond donors (Lipinski definition) is 0. The Labute approximate surface area is 102 Å². The van der Waals surface area contributed by atoms with Gasteiger partial charge in [-0.1, -0.05) is 30.3 Å². The maximum Gasteiger partial charge on any atom is 0.132 e. The van der Waals surface area contributed by atoms with Crippen LogP contribution in [0.4, 0.5) is 0 Å². The van der Waals surface area contributed by atoms with Crippen molar-refractivity contribution in [2.45, 2.75) is 26.0 Å². The molecule has 1 aromatic carbocycles. The Hall–Kier alpha value is -1.19. The van der Waals surface area contributed by atoms with Crippen molar-refractivity contribution < 1.29 is 9.53 Å². The average molecular weight is 233 g/mol. The SMILES string of the molecule is CC(=O)CC1CN(Cc2ccccc2)CCO1. The minimum absolute atomic E-state index is 0.0740. The van der Waals surface area contributed by atoms with Gasteiger partial charge in [0.05, 0.1) is 12.7 Å². The normalized spacial score (nSPS) is 21.4. The molecule has 92 valence electrons. The quantitative estimate of drug-likeness (QED) is 0.795. The number of hydrogen-bond acceptors (Lipinski definition) is 3. The van der Waals surface area contributed by atoms with Gasteiger partial charge in [0, 0.05) is 26.1 Å². The molecule has 1 saturated heterocycles. The van der Waals surface area contributed by atoms with Crippen molar-refractivity contribution in [1.29, 1.82) is 0 Å². The van der Waals surface area contributed by atoms with Crippen LogP contribution in [-0.2, 0) is 16.1 Å². The second kappa shape index (κ2) is 5.94. The Balaban J connectivity index is 1.87. The molecule has 3 heteroatoms. The molecule has 1 aliphatic heterocycles. The minimum Gasteiger partial charge on any atom is -0.375 e. The van der Waals surface area contributed by atoms with Crippen molar-refractivity contribution in [1.82, 2.24) is 4.90 Å². The Morgan fingerprint density at radius 3 is 2.88 bits per heavy atom. The minimum atomic E-state index is 0.0740. The highest BCUT2D eigenvalue weighted by Crippen LogP contribution is 2.12. The lowest BCUT2D eigenvalue weighted by Gasteiger charge is -2.32. The summed E-state index contributed by atoms with van der Waals surface area (Å²) in [5.41, 5.74) is 1.32. The van der Waals surface area contributed by atoms with Gasteiger partial charge in [0.15, 0.2) is 0 Å². The second-order valence-electron chi connectivity index (χ2n) is 4.62. The monoisotopic (exact) mass is 233 g/mol. The van der Waals surface area contributed by atoms with Crippen LogP contribution in [0.15, 0.2) is 30.3 Å². The van der Waals surface area contributed by atoms with Crippen LogP contribution in [0, 0.1) is 0 Å². The van der Waals surface area contributed by atoms with E-state index in [9.17, 15) is 4.79 Å². The van der Waals surface area contributed by atoms with E-state index in [4.69, 9.17) is 4.74 Å². The van der Waals surface area contributed by atoms with Crippen LogP contribution in [0.3, 0.4) is 0 Å². The standard InChI is InChI=1S/C14H19NO2/c1-12(16)9-14-11-15(7-8-17-14)10-13-5-3-2-4-6-13/h2-6,14H,7-11H2,1H3. The topological polar surface area (TPSA) is 29.5 Å². The lowest BCUT2D eigenvalue weighted by Crippen LogP contribution is -2.42. The number of carbonyl (C=O) groups is 1. The van der Waals surface area contributed by atoms with Crippen LogP contribution in [0.2, 0.25) is 0 Å². The molecule has 1 aromatic rings. The van der Waals surface area contributed by atoms with Gasteiger partial charge in [0.25, 0.3) is 0 Å². The van der Waals surface area contributed by atoms with Crippen LogP contribution in [-0.4, -0.2) is 36.5 Å². The van der Waals surface area contributed by atoms with E-state index in [1.807, 2.05) is 6.07 Å². The van der Waals surface area contributed by atoms with Crippen LogP contribution >= 0.6 is 0 Å². The molecule has 0 amide bonds. The Morgan fingerprint density at radius 1 is 1.41 bits per heavy atom. The molecule has 0 N–H and O–H groups in total. The van der Waals surface area contributed by atoms with Crippen molar-refractivity contribution in [2.24, 2.45) is 0 Å². The molecule has 0 saturated carbocycles. The van der Waals surface area contributed by atoms with E-state index < -0.39 is 0 Å². The Bertz CT molecular complexity index is 364. The number of carbonyl (C=O) groups excluding carboxylic acids is 1. The summed E-state index contributed by atoms with van der Waals surface area (Å²) in [4.78, 5) is 13.4. The highest BCUT2D eigenvalue weighted by atomic mass is 16.5. The number of ketones is 1. The zero-order chi connectivity index (χ0) is 12.1. The summed E-state index contributed by atoms with van der Waals surface area (Å²) < 4.78 is 5.59. The number of nitrogens with zero attached hydrogens (tertiary/aromatic N) is 1. The smallest absolute Gasteiger partial charge is 0.132 e. The first-order valence-electron chi connectivity index (χ1n) is 6.11. The van der Waals surface area contributed by atoms with E-state index in [0.29, 0.717) is 6.42 Å². The predicted molar refractivity (Wildman–Crippen MR) is 66.8 cm³/mol. The highest BCUT2D eigenvalue weighted by Gasteiger charge is 2.21. The third kappa shape index (κ3) is 3.95. The molecule has 1 heterocycles. The first kappa shape index (κ1) is 12.3. The second-order valence-corrected chi connectivity index (χ2v) is 4.62. The average Bonchev–Trinajstić information content (AvgIpc) is 2.30. The molecule has 0 aliphatic carbocycles. The number of benzene rings is 1. The summed E-state index contributed by atoms with van der Waals surface area (Å²) in [5, 5.41) is 0. The van der Waals surface area contributed by atoms with Gasteiger partial charge in [-0.25, -0.2) is 0 Å². The summed E-state index contributed by atoms with van der Waals surface area (Å²) in [6.45, 7) is 5.10. The van der Waals surface area contributed by atoms with E-state index in [1.54, 1.807) is 6.92 Å². The van der Waals surface area contributed by atoms with Crippen LogP contribution in [0.1, 0.15) is 18.9 Å². The van der Waals surface area contributed by atoms with E-state index in [0.717, 1.165) is 26.2 Å². The molecular formula is C14H19NO2. The highest BCUT2D eigenvalue weighted by molar-refractivity contribution is 5.76. The largest absolute Gasteiger partial charge is 0.375 e. The molecule has 17 heavy (non-hydrogen) atoms. The Kier molecular flexibility index (Phi) is 4.29. The lowest BCUT2D eigenvalue weighted by molar-refractivity contribution is -0.122. The fraction of sp³-hybridized carbons (Fsp3) is 0.500. The van der Waals surface area contributed by atoms with E-state index in [2.05, 4.69) is 29.2 Å². The number of ether oxygens (including phenoxy) is 1. The van der Waals surface area contributed by atoms with Crippen LogP contribution < -0.4 is 0 Å². The fourth-order valence-corrected chi connectivity index (χ4v) is 2.21. The third-order valence-corrected chi connectivity index (χ3v) is 2.99. The van der Waals surface area contributed by atoms with Gasteiger partial charge in [0.1, 0.15) is 5.78 Å². The van der Waals surface area contributed by atoms with Crippen molar-refractivity contribution in [2.75, 3.05) is 19.7 Å². The van der Waals surface area contributed by atoms with Gasteiger partial charge in [-0.05, 0) is 12.5 Å². The molecule has 1 aliphatic rings. The van der Waals surface area contributed by atoms with Crippen molar-refractivity contribution >= 4 is 5.78 Å². The predicted octanol–water partition coefficient (Wildman–Crippen LogP) is 1.87. The lowest BCUT2D eigenvalue weighted by atomic mass is 10.1. The Morgan fingerprint density at radius 2 is 2.18 bits per heavy atom. The van der Waals surface area contributed by atoms with Crippen molar-refractivity contribution in [3.8, 4) is 0 Å². The molecule has 3 nitrogen and oxygen atoms in total. The van der Waals surface area contributed by atoms with E-state index in [1.165, 1.54) is 5.56 Å². The molecule has 0 radical (unpaired) electrons. The zero-order valence-electron chi connectivity index (χ0n) is 10.3. The van der Waals surface area contributed by atoms with Crippen LogP contribution in [0.5, 0.6) is 0 Å². The molecule has 1 fully saturated rings. The molecule has 0 spiro atoms. The molecular weight excluding hydrogens is 214 g/mol. The van der Waals surface area contributed by atoms with Gasteiger partial charge < -0.3 is 4.74 Å². The molecule has 2 rings (SSSR count). The maximum atomic E-state index is 11.1. The number of rotatable bonds is 4. The third-order valence-electron chi connectivity index (χ3n) is 2.99. The maximum absolute atomic E-state index is 11.1. The fourth-order valence-electron chi connectivity index (χ4n) is 2.21.